The molecule has 1 rings (SSSR count). The summed E-state index contributed by atoms with van der Waals surface area (Å²) >= 11 is 9.02. The number of nitrogens with one attached hydrogen (secondary N) is 1. The van der Waals surface area contributed by atoms with E-state index in [0.29, 0.717) is 15.2 Å². The van der Waals surface area contributed by atoms with Gasteiger partial charge in [0, 0.05) is 5.02 Å². The van der Waals surface area contributed by atoms with Crippen LogP contribution in [0.5, 0.6) is 5.75 Å². The van der Waals surface area contributed by atoms with Gasteiger partial charge in [0.05, 0.1) is 18.2 Å². The molecular formula is C12H13BrClNO5. The van der Waals surface area contributed by atoms with Crippen LogP contribution in [-0.2, 0) is 14.3 Å². The highest BCUT2D eigenvalue weighted by atomic mass is 79.9. The fourth-order valence-corrected chi connectivity index (χ4v) is 2.09. The van der Waals surface area contributed by atoms with Gasteiger partial charge in [-0.2, -0.15) is 0 Å². The number of methoxy groups -OCH3 is 1. The van der Waals surface area contributed by atoms with Crippen molar-refractivity contribution in [3.63, 3.8) is 0 Å². The first-order chi connectivity index (χ1) is 9.47. The van der Waals surface area contributed by atoms with E-state index in [9.17, 15) is 9.59 Å². The van der Waals surface area contributed by atoms with Crippen LogP contribution in [-0.4, -0.2) is 43.3 Å². The predicted molar refractivity (Wildman–Crippen MR) is 75.7 cm³/mol. The Morgan fingerprint density at radius 3 is 2.75 bits per heavy atom. The van der Waals surface area contributed by atoms with E-state index in [1.165, 1.54) is 7.11 Å². The maximum absolute atomic E-state index is 11.6. The lowest BCUT2D eigenvalue weighted by Crippen LogP contribution is -2.45. The molecule has 0 fully saturated rings. The fraction of sp³-hybridized carbons (Fsp3) is 0.333. The number of hydrogen-bond donors (Lipinski definition) is 2. The Morgan fingerprint density at radius 2 is 2.20 bits per heavy atom. The van der Waals surface area contributed by atoms with Gasteiger partial charge in [0.15, 0.2) is 12.6 Å². The summed E-state index contributed by atoms with van der Waals surface area (Å²) in [4.78, 5) is 22.8. The molecule has 0 aliphatic heterocycles. The Morgan fingerprint density at radius 1 is 1.50 bits per heavy atom. The molecule has 0 aliphatic carbocycles. The number of aliphatic hydroxyl groups is 1. The highest BCUT2D eigenvalue weighted by molar-refractivity contribution is 9.10. The Kier molecular flexibility index (Phi) is 6.77. The minimum absolute atomic E-state index is 0.312. The van der Waals surface area contributed by atoms with Crippen LogP contribution in [0, 0.1) is 0 Å². The minimum Gasteiger partial charge on any atom is -0.483 e. The number of benzene rings is 1. The second-order valence-electron chi connectivity index (χ2n) is 3.69. The van der Waals surface area contributed by atoms with Crippen LogP contribution >= 0.6 is 27.5 Å². The highest BCUT2D eigenvalue weighted by Crippen LogP contribution is 2.27. The van der Waals surface area contributed by atoms with Crippen LogP contribution in [0.3, 0.4) is 0 Å². The lowest BCUT2D eigenvalue weighted by Gasteiger charge is -2.14. The average molecular weight is 367 g/mol. The summed E-state index contributed by atoms with van der Waals surface area (Å²) in [6.45, 7) is -0.864. The van der Waals surface area contributed by atoms with Gasteiger partial charge in [-0.15, -0.1) is 0 Å². The number of amides is 1. The van der Waals surface area contributed by atoms with E-state index < -0.39 is 24.5 Å². The molecule has 1 aromatic rings. The summed E-state index contributed by atoms with van der Waals surface area (Å²) in [6.07, 6.45) is 0. The van der Waals surface area contributed by atoms with Crippen molar-refractivity contribution >= 4 is 39.4 Å². The van der Waals surface area contributed by atoms with E-state index in [2.05, 4.69) is 26.0 Å². The Labute approximate surface area is 129 Å². The number of carbonyl (C=O) groups excluding carboxylic acids is 2. The molecular weight excluding hydrogens is 353 g/mol. The van der Waals surface area contributed by atoms with E-state index in [1.54, 1.807) is 18.2 Å². The monoisotopic (exact) mass is 365 g/mol. The first-order valence-electron chi connectivity index (χ1n) is 5.53. The molecule has 1 atom stereocenters. The van der Waals surface area contributed by atoms with Gasteiger partial charge in [-0.05, 0) is 34.1 Å². The maximum Gasteiger partial charge on any atom is 0.330 e. The smallest absolute Gasteiger partial charge is 0.330 e. The van der Waals surface area contributed by atoms with Crippen molar-refractivity contribution in [1.82, 2.24) is 5.32 Å². The van der Waals surface area contributed by atoms with Gasteiger partial charge >= 0.3 is 5.97 Å². The summed E-state index contributed by atoms with van der Waals surface area (Å²) in [6, 6.07) is 3.73. The molecule has 0 aliphatic rings. The minimum atomic E-state index is -1.11. The zero-order valence-corrected chi connectivity index (χ0v) is 12.9. The lowest BCUT2D eigenvalue weighted by atomic mass is 10.3. The number of ether oxygens (including phenoxy) is 2. The Hall–Kier alpha value is -1.31. The Balaban J connectivity index is 2.52. The summed E-state index contributed by atoms with van der Waals surface area (Å²) in [5.74, 6) is -0.854. The molecule has 2 N–H and O–H groups in total. The van der Waals surface area contributed by atoms with Crippen LogP contribution in [0.1, 0.15) is 0 Å². The quantitative estimate of drug-likeness (QED) is 0.737. The van der Waals surface area contributed by atoms with Gasteiger partial charge in [-0.25, -0.2) is 4.79 Å². The molecule has 0 radical (unpaired) electrons. The molecule has 110 valence electrons. The van der Waals surface area contributed by atoms with Crippen molar-refractivity contribution in [3.8, 4) is 5.75 Å². The predicted octanol–water partition coefficient (Wildman–Crippen LogP) is 1.13. The molecule has 1 aromatic carbocycles. The van der Waals surface area contributed by atoms with Crippen LogP contribution in [0.2, 0.25) is 5.02 Å². The van der Waals surface area contributed by atoms with Crippen molar-refractivity contribution in [2.24, 2.45) is 0 Å². The third-order valence-corrected chi connectivity index (χ3v) is 3.11. The van der Waals surface area contributed by atoms with Crippen LogP contribution in [0.25, 0.3) is 0 Å². The van der Waals surface area contributed by atoms with E-state index >= 15 is 0 Å². The van der Waals surface area contributed by atoms with Crippen molar-refractivity contribution in [2.75, 3.05) is 20.3 Å². The number of hydrogen-bond acceptors (Lipinski definition) is 5. The van der Waals surface area contributed by atoms with Gasteiger partial charge in [-0.1, -0.05) is 11.6 Å². The Bertz CT molecular complexity index is 497. The molecule has 1 amide bonds. The molecule has 0 saturated carbocycles. The van der Waals surface area contributed by atoms with Crippen LogP contribution in [0.15, 0.2) is 22.7 Å². The van der Waals surface area contributed by atoms with Gasteiger partial charge in [0.1, 0.15) is 5.75 Å². The second-order valence-corrected chi connectivity index (χ2v) is 4.98. The molecule has 0 saturated heterocycles. The van der Waals surface area contributed by atoms with Gasteiger partial charge in [0.2, 0.25) is 0 Å². The SMILES string of the molecule is COC(=O)[C@H](CO)NC(=O)COc1ccc(Cl)cc1Br. The fourth-order valence-electron chi connectivity index (χ4n) is 1.29. The van der Waals surface area contributed by atoms with Crippen LogP contribution in [0.4, 0.5) is 0 Å². The van der Waals surface area contributed by atoms with Gasteiger partial charge in [0.25, 0.3) is 5.91 Å². The van der Waals surface area contributed by atoms with Crippen molar-refractivity contribution in [1.29, 1.82) is 0 Å². The van der Waals surface area contributed by atoms with Crippen molar-refractivity contribution < 1.29 is 24.2 Å². The number of rotatable bonds is 6. The number of aliphatic hydroxyl groups excluding tert-OH is 1. The standard InChI is InChI=1S/C12H13BrClNO5/c1-19-12(18)9(5-16)15-11(17)6-20-10-3-2-7(14)4-8(10)13/h2-4,9,16H,5-6H2,1H3,(H,15,17)/t9-/m0/s1. The first kappa shape index (κ1) is 16.7. The van der Waals surface area contributed by atoms with Gasteiger partial charge in [-0.3, -0.25) is 4.79 Å². The molecule has 0 unspecified atom stereocenters. The normalized spacial score (nSPS) is 11.6. The summed E-state index contributed by atoms with van der Waals surface area (Å²) in [5.41, 5.74) is 0. The second kappa shape index (κ2) is 8.08. The molecule has 0 aromatic heterocycles. The third kappa shape index (κ3) is 4.99. The van der Waals surface area contributed by atoms with E-state index in [4.69, 9.17) is 21.4 Å². The van der Waals surface area contributed by atoms with E-state index in [-0.39, 0.29) is 6.61 Å². The van der Waals surface area contributed by atoms with Crippen molar-refractivity contribution in [2.45, 2.75) is 6.04 Å². The van der Waals surface area contributed by atoms with Gasteiger partial charge < -0.3 is 19.9 Å². The molecule has 0 bridgehead atoms. The zero-order valence-electron chi connectivity index (χ0n) is 10.6. The van der Waals surface area contributed by atoms with Crippen LogP contribution < -0.4 is 10.1 Å². The number of halogens is 2. The molecule has 8 heteroatoms. The topological polar surface area (TPSA) is 84.9 Å². The largest absolute Gasteiger partial charge is 0.483 e. The molecule has 6 nitrogen and oxygen atoms in total. The molecule has 0 spiro atoms. The zero-order chi connectivity index (χ0) is 15.1. The van der Waals surface area contributed by atoms with E-state index in [1.807, 2.05) is 0 Å². The summed E-state index contributed by atoms with van der Waals surface area (Å²) in [5, 5.41) is 11.8. The summed E-state index contributed by atoms with van der Waals surface area (Å²) in [7, 11) is 1.17. The van der Waals surface area contributed by atoms with Crippen molar-refractivity contribution in [3.05, 3.63) is 27.7 Å². The third-order valence-electron chi connectivity index (χ3n) is 2.26. The highest BCUT2D eigenvalue weighted by Gasteiger charge is 2.20. The molecule has 20 heavy (non-hydrogen) atoms. The average Bonchev–Trinajstić information content (AvgIpc) is 2.43. The van der Waals surface area contributed by atoms with E-state index in [0.717, 1.165) is 0 Å². The molecule has 0 heterocycles. The number of carbonyl (C=O) groups is 2. The maximum atomic E-state index is 11.6. The lowest BCUT2D eigenvalue weighted by molar-refractivity contribution is -0.146. The summed E-state index contributed by atoms with van der Waals surface area (Å²) < 4.78 is 10.3. The first-order valence-corrected chi connectivity index (χ1v) is 6.71. The number of esters is 1.